The Morgan fingerprint density at radius 1 is 1.60 bits per heavy atom. The van der Waals surface area contributed by atoms with Crippen molar-refractivity contribution in [2.45, 2.75) is 12.6 Å². The predicted molar refractivity (Wildman–Crippen MR) is 37.3 cm³/mol. The predicted octanol–water partition coefficient (Wildman–Crippen LogP) is -1.45. The zero-order valence-electron chi connectivity index (χ0n) is 5.95. The molecule has 1 aliphatic rings. The number of nitrogens with zero attached hydrogens (tertiary/aromatic N) is 1. The summed E-state index contributed by atoms with van der Waals surface area (Å²) in [6, 6.07) is 0. The number of nitrogens with one attached hydrogen (secondary N) is 1. The molecule has 1 saturated heterocycles. The highest BCUT2D eigenvalue weighted by atomic mass is 16.3. The summed E-state index contributed by atoms with van der Waals surface area (Å²) in [6.07, 6.45) is -0.0261. The summed E-state index contributed by atoms with van der Waals surface area (Å²) in [7, 11) is 0. The van der Waals surface area contributed by atoms with Crippen LogP contribution in [0, 0.1) is 0 Å². The number of rotatable bonds is 3. The van der Waals surface area contributed by atoms with E-state index in [1.165, 1.54) is 0 Å². The molecule has 4 nitrogen and oxygen atoms in total. The molecule has 4 heteroatoms. The first kappa shape index (κ1) is 7.94. The summed E-state index contributed by atoms with van der Waals surface area (Å²) in [6.45, 7) is 2.60. The molecule has 1 aliphatic heterocycles. The van der Waals surface area contributed by atoms with Gasteiger partial charge in [0.1, 0.15) is 6.23 Å². The lowest BCUT2D eigenvalue weighted by atomic mass is 10.3. The van der Waals surface area contributed by atoms with E-state index < -0.39 is 6.23 Å². The Balaban J connectivity index is 2.18. The van der Waals surface area contributed by atoms with Crippen molar-refractivity contribution in [3.05, 3.63) is 0 Å². The van der Waals surface area contributed by atoms with Gasteiger partial charge in [-0.2, -0.15) is 0 Å². The molecule has 1 heterocycles. The highest BCUT2D eigenvalue weighted by molar-refractivity contribution is 4.68. The lowest BCUT2D eigenvalue weighted by molar-refractivity contribution is 0.00164. The van der Waals surface area contributed by atoms with Crippen molar-refractivity contribution in [3.8, 4) is 0 Å². The Kier molecular flexibility index (Phi) is 3.08. The second-order valence-corrected chi connectivity index (χ2v) is 2.46. The van der Waals surface area contributed by atoms with Gasteiger partial charge in [-0.3, -0.25) is 4.90 Å². The van der Waals surface area contributed by atoms with E-state index in [1.807, 2.05) is 4.90 Å². The summed E-state index contributed by atoms with van der Waals surface area (Å²) >= 11 is 0. The highest BCUT2D eigenvalue weighted by Gasteiger charge is 2.17. The van der Waals surface area contributed by atoms with Crippen molar-refractivity contribution in [1.82, 2.24) is 10.2 Å². The van der Waals surface area contributed by atoms with Gasteiger partial charge in [0.15, 0.2) is 0 Å². The average molecular weight is 146 g/mol. The third-order valence-electron chi connectivity index (χ3n) is 1.70. The molecule has 1 unspecified atom stereocenters. The zero-order valence-corrected chi connectivity index (χ0v) is 5.95. The normalized spacial score (nSPS) is 23.4. The van der Waals surface area contributed by atoms with Gasteiger partial charge in [0.25, 0.3) is 0 Å². The standard InChI is InChI=1S/C6H14N2O2/c9-4-1-6(10)8-3-2-7-5-8/h6-7,9-10H,1-5H2. The van der Waals surface area contributed by atoms with Crippen LogP contribution in [0.25, 0.3) is 0 Å². The van der Waals surface area contributed by atoms with Gasteiger partial charge >= 0.3 is 0 Å². The summed E-state index contributed by atoms with van der Waals surface area (Å²) in [5, 5.41) is 20.9. The van der Waals surface area contributed by atoms with E-state index in [4.69, 9.17) is 5.11 Å². The summed E-state index contributed by atoms with van der Waals surface area (Å²) < 4.78 is 0. The Morgan fingerprint density at radius 2 is 2.40 bits per heavy atom. The third-order valence-corrected chi connectivity index (χ3v) is 1.70. The summed E-state index contributed by atoms with van der Waals surface area (Å²) in [4.78, 5) is 1.90. The SMILES string of the molecule is OCCC(O)N1CCNC1. The average Bonchev–Trinajstić information content (AvgIpc) is 2.38. The third kappa shape index (κ3) is 1.91. The van der Waals surface area contributed by atoms with Crippen LogP contribution >= 0.6 is 0 Å². The Bertz CT molecular complexity index is 93.7. The second-order valence-electron chi connectivity index (χ2n) is 2.46. The van der Waals surface area contributed by atoms with Crippen molar-refractivity contribution in [2.24, 2.45) is 0 Å². The first-order valence-corrected chi connectivity index (χ1v) is 3.58. The first-order chi connectivity index (χ1) is 4.84. The number of hydrogen-bond donors (Lipinski definition) is 3. The monoisotopic (exact) mass is 146 g/mol. The molecule has 0 amide bonds. The first-order valence-electron chi connectivity index (χ1n) is 3.58. The maximum Gasteiger partial charge on any atom is 0.110 e. The lowest BCUT2D eigenvalue weighted by Crippen LogP contribution is -2.34. The van der Waals surface area contributed by atoms with E-state index >= 15 is 0 Å². The molecule has 0 spiro atoms. The Morgan fingerprint density at radius 3 is 2.90 bits per heavy atom. The molecular formula is C6H14N2O2. The second kappa shape index (κ2) is 3.88. The fourth-order valence-electron chi connectivity index (χ4n) is 1.08. The maximum absolute atomic E-state index is 9.27. The molecule has 1 rings (SSSR count). The van der Waals surface area contributed by atoms with Crippen LogP contribution in [0.2, 0.25) is 0 Å². The van der Waals surface area contributed by atoms with Gasteiger partial charge in [0, 0.05) is 26.1 Å². The molecule has 0 aliphatic carbocycles. The van der Waals surface area contributed by atoms with Gasteiger partial charge in [-0.15, -0.1) is 0 Å². The van der Waals surface area contributed by atoms with Crippen LogP contribution in [-0.2, 0) is 0 Å². The van der Waals surface area contributed by atoms with Gasteiger partial charge in [0.2, 0.25) is 0 Å². The molecule has 0 aromatic rings. The quantitative estimate of drug-likeness (QED) is 0.456. The summed E-state index contributed by atoms with van der Waals surface area (Å²) in [5.41, 5.74) is 0. The highest BCUT2D eigenvalue weighted by Crippen LogP contribution is 2.01. The molecule has 0 radical (unpaired) electrons. The van der Waals surface area contributed by atoms with Gasteiger partial charge in [-0.05, 0) is 0 Å². The number of aliphatic hydroxyl groups excluding tert-OH is 2. The van der Waals surface area contributed by atoms with E-state index in [0.717, 1.165) is 19.8 Å². The molecule has 10 heavy (non-hydrogen) atoms. The van der Waals surface area contributed by atoms with Crippen molar-refractivity contribution < 1.29 is 10.2 Å². The van der Waals surface area contributed by atoms with Crippen LogP contribution in [0.3, 0.4) is 0 Å². The Labute approximate surface area is 60.5 Å². The minimum absolute atomic E-state index is 0.0532. The topological polar surface area (TPSA) is 55.7 Å². The van der Waals surface area contributed by atoms with Crippen molar-refractivity contribution in [3.63, 3.8) is 0 Å². The van der Waals surface area contributed by atoms with Crippen molar-refractivity contribution >= 4 is 0 Å². The molecule has 1 fully saturated rings. The fraction of sp³-hybridized carbons (Fsp3) is 1.00. The maximum atomic E-state index is 9.27. The molecule has 0 aromatic carbocycles. The minimum Gasteiger partial charge on any atom is -0.396 e. The molecule has 0 bridgehead atoms. The van der Waals surface area contributed by atoms with Crippen LogP contribution in [0.4, 0.5) is 0 Å². The molecule has 1 atom stereocenters. The van der Waals surface area contributed by atoms with Crippen LogP contribution in [0.5, 0.6) is 0 Å². The zero-order chi connectivity index (χ0) is 7.40. The van der Waals surface area contributed by atoms with E-state index in [2.05, 4.69) is 5.32 Å². The lowest BCUT2D eigenvalue weighted by Gasteiger charge is -2.20. The van der Waals surface area contributed by atoms with Gasteiger partial charge < -0.3 is 15.5 Å². The van der Waals surface area contributed by atoms with E-state index in [-0.39, 0.29) is 6.61 Å². The number of aliphatic hydroxyl groups is 2. The van der Waals surface area contributed by atoms with Crippen LogP contribution in [0.15, 0.2) is 0 Å². The molecular weight excluding hydrogens is 132 g/mol. The largest absolute Gasteiger partial charge is 0.396 e. The van der Waals surface area contributed by atoms with Crippen molar-refractivity contribution in [1.29, 1.82) is 0 Å². The molecule has 60 valence electrons. The molecule has 0 saturated carbocycles. The van der Waals surface area contributed by atoms with Gasteiger partial charge in [-0.1, -0.05) is 0 Å². The minimum atomic E-state index is -0.472. The summed E-state index contributed by atoms with van der Waals surface area (Å²) in [5.74, 6) is 0. The Hall–Kier alpha value is -0.160. The van der Waals surface area contributed by atoms with E-state index in [1.54, 1.807) is 0 Å². The van der Waals surface area contributed by atoms with Crippen LogP contribution in [-0.4, -0.2) is 47.7 Å². The van der Waals surface area contributed by atoms with Crippen molar-refractivity contribution in [2.75, 3.05) is 26.4 Å². The smallest absolute Gasteiger partial charge is 0.110 e. The fourth-order valence-corrected chi connectivity index (χ4v) is 1.08. The molecule has 0 aromatic heterocycles. The van der Waals surface area contributed by atoms with Gasteiger partial charge in [0.05, 0.1) is 6.67 Å². The number of hydrogen-bond acceptors (Lipinski definition) is 4. The van der Waals surface area contributed by atoms with Gasteiger partial charge in [-0.25, -0.2) is 0 Å². The van der Waals surface area contributed by atoms with E-state index in [0.29, 0.717) is 6.42 Å². The van der Waals surface area contributed by atoms with Crippen LogP contribution < -0.4 is 5.32 Å². The van der Waals surface area contributed by atoms with E-state index in [9.17, 15) is 5.11 Å². The van der Waals surface area contributed by atoms with Crippen LogP contribution in [0.1, 0.15) is 6.42 Å². The molecule has 3 N–H and O–H groups in total.